The highest BCUT2D eigenvalue weighted by atomic mass is 16.5. The molecular weight excluding hydrogens is 572 g/mol. The van der Waals surface area contributed by atoms with Gasteiger partial charge in [0.1, 0.15) is 23.3 Å². The van der Waals surface area contributed by atoms with Crippen molar-refractivity contribution in [2.75, 3.05) is 13.2 Å². The molecular formula is C40H30N2O4. The molecule has 0 aliphatic carbocycles. The predicted molar refractivity (Wildman–Crippen MR) is 180 cm³/mol. The summed E-state index contributed by atoms with van der Waals surface area (Å²) in [5.74, 6) is -1.30. The van der Waals surface area contributed by atoms with E-state index in [4.69, 9.17) is 9.47 Å². The molecule has 0 heterocycles. The SMILES string of the molecule is CCCOC(=O)C(C#N)=c1c2ccccc2c(=c2c3ccccc3c(=C(C#N)C(=O)OCCC)c3ccccc23)c2ccccc12. The van der Waals surface area contributed by atoms with E-state index in [9.17, 15) is 20.1 Å². The highest BCUT2D eigenvalue weighted by Crippen LogP contribution is 2.29. The van der Waals surface area contributed by atoms with Crippen molar-refractivity contribution in [3.05, 3.63) is 118 Å². The summed E-state index contributed by atoms with van der Waals surface area (Å²) in [6.45, 7) is 4.25. The van der Waals surface area contributed by atoms with Crippen molar-refractivity contribution in [1.82, 2.24) is 0 Å². The lowest BCUT2D eigenvalue weighted by Gasteiger charge is -2.13. The molecule has 0 amide bonds. The molecule has 0 saturated carbocycles. The Morgan fingerprint density at radius 3 is 1.00 bits per heavy atom. The van der Waals surface area contributed by atoms with E-state index < -0.39 is 11.9 Å². The Morgan fingerprint density at radius 2 is 0.761 bits per heavy atom. The van der Waals surface area contributed by atoms with E-state index in [-0.39, 0.29) is 24.4 Å². The molecule has 0 aromatic heterocycles. The summed E-state index contributed by atoms with van der Waals surface area (Å²) in [6, 6.07) is 35.3. The molecule has 6 aromatic carbocycles. The summed E-state index contributed by atoms with van der Waals surface area (Å²) in [6.07, 6.45) is 1.28. The Bertz CT molecular complexity index is 2220. The molecule has 0 fully saturated rings. The fourth-order valence-electron chi connectivity index (χ4n) is 6.28. The molecule has 0 aliphatic rings. The Labute approximate surface area is 265 Å². The monoisotopic (exact) mass is 602 g/mol. The van der Waals surface area contributed by atoms with Crippen molar-refractivity contribution in [1.29, 1.82) is 10.5 Å². The normalized spacial score (nSPS) is 10.9. The average Bonchev–Trinajstić information content (AvgIpc) is 3.10. The minimum Gasteiger partial charge on any atom is -0.462 e. The molecule has 6 nitrogen and oxygen atoms in total. The fraction of sp³-hybridized carbons (Fsp3) is 0.150. The summed E-state index contributed by atoms with van der Waals surface area (Å²) in [7, 11) is 0. The van der Waals surface area contributed by atoms with Crippen LogP contribution in [0.1, 0.15) is 26.7 Å². The van der Waals surface area contributed by atoms with Gasteiger partial charge in [-0.1, -0.05) is 111 Å². The number of ether oxygens (including phenoxy) is 2. The lowest BCUT2D eigenvalue weighted by atomic mass is 9.90. The maximum absolute atomic E-state index is 13.2. The van der Waals surface area contributed by atoms with Crippen LogP contribution in [-0.2, 0) is 19.1 Å². The first-order valence-electron chi connectivity index (χ1n) is 15.3. The minimum atomic E-state index is -0.651. The first-order chi connectivity index (χ1) is 22.5. The van der Waals surface area contributed by atoms with Crippen molar-refractivity contribution < 1.29 is 19.1 Å². The number of carbonyl (C=O) groups is 2. The van der Waals surface area contributed by atoms with Gasteiger partial charge in [-0.2, -0.15) is 10.5 Å². The second-order valence-corrected chi connectivity index (χ2v) is 10.9. The van der Waals surface area contributed by atoms with E-state index in [0.717, 1.165) is 53.5 Å². The predicted octanol–water partition coefficient (Wildman–Crippen LogP) is 6.84. The molecule has 0 atom stereocenters. The quantitative estimate of drug-likeness (QED) is 0.153. The summed E-state index contributed by atoms with van der Waals surface area (Å²) in [5.41, 5.74) is -0.0902. The molecule has 0 radical (unpaired) electrons. The van der Waals surface area contributed by atoms with Gasteiger partial charge >= 0.3 is 11.9 Å². The van der Waals surface area contributed by atoms with Crippen LogP contribution in [0.4, 0.5) is 0 Å². The van der Waals surface area contributed by atoms with Gasteiger partial charge in [-0.15, -0.1) is 0 Å². The van der Waals surface area contributed by atoms with Crippen LogP contribution < -0.4 is 10.4 Å². The van der Waals surface area contributed by atoms with Gasteiger partial charge in [0.2, 0.25) is 0 Å². The van der Waals surface area contributed by atoms with E-state index in [1.54, 1.807) is 0 Å². The van der Waals surface area contributed by atoms with Crippen molar-refractivity contribution in [2.45, 2.75) is 26.7 Å². The number of nitrogens with zero attached hydrogens (tertiary/aromatic N) is 2. The summed E-state index contributed by atoms with van der Waals surface area (Å²) >= 11 is 0. The number of fused-ring (bicyclic) bond motifs is 4. The molecule has 6 aromatic rings. The van der Waals surface area contributed by atoms with E-state index >= 15 is 0 Å². The zero-order chi connectivity index (χ0) is 32.2. The van der Waals surface area contributed by atoms with Gasteiger partial charge in [0.25, 0.3) is 0 Å². The molecule has 0 N–H and O–H groups in total. The lowest BCUT2D eigenvalue weighted by Crippen LogP contribution is -2.19. The van der Waals surface area contributed by atoms with E-state index in [2.05, 4.69) is 12.1 Å². The Kier molecular flexibility index (Phi) is 8.46. The van der Waals surface area contributed by atoms with E-state index in [1.807, 2.05) is 111 Å². The van der Waals surface area contributed by atoms with Crippen molar-refractivity contribution in [3.8, 4) is 12.1 Å². The molecule has 6 heteroatoms. The van der Waals surface area contributed by atoms with Gasteiger partial charge in [-0.25, -0.2) is 9.59 Å². The first-order valence-corrected chi connectivity index (χ1v) is 15.3. The van der Waals surface area contributed by atoms with Crippen LogP contribution in [0.5, 0.6) is 0 Å². The first kappa shape index (κ1) is 30.1. The molecule has 46 heavy (non-hydrogen) atoms. The molecule has 0 spiro atoms. The number of carbonyl (C=O) groups excluding carboxylic acids is 2. The largest absolute Gasteiger partial charge is 0.462 e. The molecule has 224 valence electrons. The van der Waals surface area contributed by atoms with Gasteiger partial charge < -0.3 is 9.47 Å². The molecule has 0 aliphatic heterocycles. The zero-order valence-corrected chi connectivity index (χ0v) is 25.6. The van der Waals surface area contributed by atoms with Crippen LogP contribution in [0.15, 0.2) is 97.1 Å². The number of rotatable bonds is 6. The fourth-order valence-corrected chi connectivity index (χ4v) is 6.28. The van der Waals surface area contributed by atoms with Gasteiger partial charge in [0, 0.05) is 10.4 Å². The van der Waals surface area contributed by atoms with Gasteiger partial charge in [0.15, 0.2) is 0 Å². The van der Waals surface area contributed by atoms with Crippen LogP contribution in [0.25, 0.3) is 54.2 Å². The number of hydrogen-bond acceptors (Lipinski definition) is 6. The van der Waals surface area contributed by atoms with Gasteiger partial charge in [0.05, 0.1) is 13.2 Å². The van der Waals surface area contributed by atoms with Crippen LogP contribution in [0.2, 0.25) is 0 Å². The summed E-state index contributed by atoms with van der Waals surface area (Å²) < 4.78 is 10.9. The highest BCUT2D eigenvalue weighted by Gasteiger charge is 2.19. The third kappa shape index (κ3) is 5.01. The topological polar surface area (TPSA) is 100 Å². The third-order valence-corrected chi connectivity index (χ3v) is 8.12. The Balaban J connectivity index is 1.99. The van der Waals surface area contributed by atoms with Crippen LogP contribution in [0.3, 0.4) is 0 Å². The molecule has 0 unspecified atom stereocenters. The number of hydrogen-bond donors (Lipinski definition) is 0. The van der Waals surface area contributed by atoms with Gasteiger partial charge in [-0.05, 0) is 66.4 Å². The second-order valence-electron chi connectivity index (χ2n) is 10.9. The van der Waals surface area contributed by atoms with E-state index in [0.29, 0.717) is 23.3 Å². The molecule has 0 bridgehead atoms. The Morgan fingerprint density at radius 1 is 0.500 bits per heavy atom. The second kappa shape index (κ2) is 12.9. The zero-order valence-electron chi connectivity index (χ0n) is 25.6. The van der Waals surface area contributed by atoms with Gasteiger partial charge in [-0.3, -0.25) is 0 Å². The van der Waals surface area contributed by atoms with Crippen molar-refractivity contribution in [2.24, 2.45) is 0 Å². The summed E-state index contributed by atoms with van der Waals surface area (Å²) in [4.78, 5) is 26.5. The average molecular weight is 603 g/mol. The van der Waals surface area contributed by atoms with Crippen LogP contribution in [0, 0.1) is 33.1 Å². The maximum atomic E-state index is 13.2. The highest BCUT2D eigenvalue weighted by molar-refractivity contribution is 6.21. The number of nitriles is 2. The molecule has 0 saturated heterocycles. The van der Waals surface area contributed by atoms with Crippen LogP contribution in [-0.4, -0.2) is 25.2 Å². The third-order valence-electron chi connectivity index (χ3n) is 8.12. The number of benzene rings is 6. The van der Waals surface area contributed by atoms with Crippen molar-refractivity contribution in [3.63, 3.8) is 0 Å². The standard InChI is InChI=1S/C40H30N2O4/c1-3-21-45-39(43)33(23-41)35-25-13-5-9-17-29(25)37(30-18-10-6-14-26(30)35)38-31-19-11-7-15-27(31)36(28-16-8-12-20-32(28)38)34(24-42)40(44)46-22-4-2/h5-20H,3-4,21-22H2,1-2H3. The van der Waals surface area contributed by atoms with E-state index in [1.165, 1.54) is 0 Å². The minimum absolute atomic E-state index is 0.0451. The Hall–Kier alpha value is -5.98. The van der Waals surface area contributed by atoms with Crippen molar-refractivity contribution >= 4 is 66.2 Å². The van der Waals surface area contributed by atoms with Crippen LogP contribution >= 0.6 is 0 Å². The number of esters is 2. The lowest BCUT2D eigenvalue weighted by molar-refractivity contribution is -0.137. The summed E-state index contributed by atoms with van der Waals surface area (Å²) in [5, 5.41) is 29.8. The maximum Gasteiger partial charge on any atom is 0.349 e. The molecule has 6 rings (SSSR count). The smallest absolute Gasteiger partial charge is 0.349 e.